The van der Waals surface area contributed by atoms with E-state index in [0.717, 1.165) is 0 Å². The van der Waals surface area contributed by atoms with Crippen molar-refractivity contribution in [1.82, 2.24) is 4.90 Å². The number of nitrogens with zero attached hydrogens (tertiary/aromatic N) is 1. The lowest BCUT2D eigenvalue weighted by Gasteiger charge is -2.28. The number of amides is 1. The maximum Gasteiger partial charge on any atom is 0.227 e. The summed E-state index contributed by atoms with van der Waals surface area (Å²) < 4.78 is 10.9. The number of morpholine rings is 1. The van der Waals surface area contributed by atoms with E-state index in [1.807, 2.05) is 0 Å². The highest BCUT2D eigenvalue weighted by Gasteiger charge is 2.28. The van der Waals surface area contributed by atoms with Crippen LogP contribution in [0.25, 0.3) is 0 Å². The molecule has 1 fully saturated rings. The number of aromatic hydroxyl groups is 2. The first-order chi connectivity index (χ1) is 12.5. The van der Waals surface area contributed by atoms with Crippen LogP contribution in [0.15, 0.2) is 39.5 Å². The van der Waals surface area contributed by atoms with Crippen molar-refractivity contribution < 1.29 is 24.2 Å². The maximum absolute atomic E-state index is 12.7. The van der Waals surface area contributed by atoms with E-state index in [1.165, 1.54) is 18.2 Å². The van der Waals surface area contributed by atoms with Gasteiger partial charge in [-0.1, -0.05) is 12.1 Å². The third-order valence-electron chi connectivity index (χ3n) is 4.40. The van der Waals surface area contributed by atoms with Gasteiger partial charge in [-0.3, -0.25) is 9.59 Å². The highest BCUT2D eigenvalue weighted by Crippen LogP contribution is 2.34. The summed E-state index contributed by atoms with van der Waals surface area (Å²) in [5, 5.41) is 20.0. The molecule has 0 radical (unpaired) electrons. The van der Waals surface area contributed by atoms with Gasteiger partial charge in [-0.2, -0.15) is 0 Å². The molecule has 2 heterocycles. The van der Waals surface area contributed by atoms with Gasteiger partial charge in [0.25, 0.3) is 0 Å². The molecular weight excluding hydrogens is 338 g/mol. The fourth-order valence-electron chi connectivity index (χ4n) is 3.08. The molecule has 3 rings (SSSR count). The Morgan fingerprint density at radius 1 is 1.23 bits per heavy atom. The van der Waals surface area contributed by atoms with Gasteiger partial charge < -0.3 is 24.3 Å². The predicted molar refractivity (Wildman–Crippen MR) is 93.3 cm³/mol. The summed E-state index contributed by atoms with van der Waals surface area (Å²) >= 11 is 0. The quantitative estimate of drug-likeness (QED) is 0.862. The van der Waals surface area contributed by atoms with Crippen molar-refractivity contribution in [2.24, 2.45) is 0 Å². The SMILES string of the molecule is Cc1cc(=O)c(O)c([C@H](CC(=O)N2CCOCC2)c2cccc(O)c2)o1. The summed E-state index contributed by atoms with van der Waals surface area (Å²) in [7, 11) is 0. The van der Waals surface area contributed by atoms with E-state index in [9.17, 15) is 19.8 Å². The number of rotatable bonds is 4. The molecule has 0 saturated carbocycles. The second kappa shape index (κ2) is 7.61. The van der Waals surface area contributed by atoms with Crippen molar-refractivity contribution in [3.8, 4) is 11.5 Å². The molecule has 7 heteroatoms. The van der Waals surface area contributed by atoms with E-state index in [0.29, 0.717) is 37.6 Å². The first-order valence-corrected chi connectivity index (χ1v) is 8.43. The number of carbonyl (C=O) groups is 1. The summed E-state index contributed by atoms with van der Waals surface area (Å²) in [6, 6.07) is 7.57. The number of phenols is 1. The van der Waals surface area contributed by atoms with E-state index in [4.69, 9.17) is 9.15 Å². The highest BCUT2D eigenvalue weighted by molar-refractivity contribution is 5.78. The monoisotopic (exact) mass is 359 g/mol. The first kappa shape index (κ1) is 18.0. The topological polar surface area (TPSA) is 100 Å². The molecule has 26 heavy (non-hydrogen) atoms. The Bertz CT molecular complexity index is 853. The molecule has 2 aromatic rings. The zero-order valence-electron chi connectivity index (χ0n) is 14.5. The van der Waals surface area contributed by atoms with Gasteiger partial charge >= 0.3 is 0 Å². The molecule has 1 saturated heterocycles. The van der Waals surface area contributed by atoms with Crippen molar-refractivity contribution in [1.29, 1.82) is 0 Å². The van der Waals surface area contributed by atoms with Gasteiger partial charge in [0, 0.05) is 25.6 Å². The summed E-state index contributed by atoms with van der Waals surface area (Å²) in [5.41, 5.74) is 0.0170. The minimum absolute atomic E-state index is 0.00338. The van der Waals surface area contributed by atoms with Crippen molar-refractivity contribution >= 4 is 5.91 Å². The second-order valence-electron chi connectivity index (χ2n) is 6.28. The van der Waals surface area contributed by atoms with Gasteiger partial charge in [-0.05, 0) is 24.6 Å². The Morgan fingerprint density at radius 2 is 1.96 bits per heavy atom. The van der Waals surface area contributed by atoms with Crippen LogP contribution in [-0.2, 0) is 9.53 Å². The van der Waals surface area contributed by atoms with Crippen LogP contribution in [0.5, 0.6) is 11.5 Å². The summed E-state index contributed by atoms with van der Waals surface area (Å²) in [6.45, 7) is 3.55. The molecule has 7 nitrogen and oxygen atoms in total. The van der Waals surface area contributed by atoms with Crippen LogP contribution in [0.4, 0.5) is 0 Å². The summed E-state index contributed by atoms with van der Waals surface area (Å²) in [6.07, 6.45) is 0.00338. The summed E-state index contributed by atoms with van der Waals surface area (Å²) in [5.74, 6) is -0.941. The standard InChI is InChI=1S/C19H21NO6/c1-12-9-16(22)18(24)19(26-12)15(13-3-2-4-14(21)10-13)11-17(23)20-5-7-25-8-6-20/h2-4,9-10,15,21,24H,5-8,11H2,1H3/t15-/m1/s1. The molecular formula is C19H21NO6. The molecule has 138 valence electrons. The molecule has 0 unspecified atom stereocenters. The van der Waals surface area contributed by atoms with Crippen LogP contribution in [0, 0.1) is 6.92 Å². The molecule has 1 amide bonds. The Hall–Kier alpha value is -2.80. The minimum Gasteiger partial charge on any atom is -0.508 e. The van der Waals surface area contributed by atoms with Gasteiger partial charge in [0.1, 0.15) is 11.5 Å². The van der Waals surface area contributed by atoms with Crippen LogP contribution in [0.2, 0.25) is 0 Å². The zero-order valence-corrected chi connectivity index (χ0v) is 14.5. The number of benzene rings is 1. The van der Waals surface area contributed by atoms with E-state index < -0.39 is 17.1 Å². The first-order valence-electron chi connectivity index (χ1n) is 8.43. The Balaban J connectivity index is 2.00. The van der Waals surface area contributed by atoms with Crippen LogP contribution in [0.3, 0.4) is 0 Å². The lowest BCUT2D eigenvalue weighted by atomic mass is 9.91. The number of ether oxygens (including phenoxy) is 1. The van der Waals surface area contributed by atoms with Gasteiger partial charge in [0.2, 0.25) is 17.1 Å². The average Bonchev–Trinajstić information content (AvgIpc) is 2.63. The van der Waals surface area contributed by atoms with Crippen molar-refractivity contribution in [2.45, 2.75) is 19.3 Å². The number of hydrogen-bond donors (Lipinski definition) is 2. The zero-order chi connectivity index (χ0) is 18.7. The molecule has 1 aliphatic rings. The van der Waals surface area contributed by atoms with Crippen molar-refractivity contribution in [2.75, 3.05) is 26.3 Å². The molecule has 1 aliphatic heterocycles. The lowest BCUT2D eigenvalue weighted by Crippen LogP contribution is -2.41. The van der Waals surface area contributed by atoms with Gasteiger partial charge in [-0.15, -0.1) is 0 Å². The fraction of sp³-hybridized carbons (Fsp3) is 0.368. The van der Waals surface area contributed by atoms with Gasteiger partial charge in [0.15, 0.2) is 5.76 Å². The van der Waals surface area contributed by atoms with Crippen molar-refractivity contribution in [3.63, 3.8) is 0 Å². The smallest absolute Gasteiger partial charge is 0.227 e. The van der Waals surface area contributed by atoms with Crippen LogP contribution in [0.1, 0.15) is 29.4 Å². The van der Waals surface area contributed by atoms with E-state index in [-0.39, 0.29) is 23.8 Å². The number of phenolic OH excluding ortho intramolecular Hbond substituents is 1. The Kier molecular flexibility index (Phi) is 5.27. The second-order valence-corrected chi connectivity index (χ2v) is 6.28. The minimum atomic E-state index is -0.690. The average molecular weight is 359 g/mol. The van der Waals surface area contributed by atoms with E-state index in [1.54, 1.807) is 24.0 Å². The lowest BCUT2D eigenvalue weighted by molar-refractivity contribution is -0.135. The summed E-state index contributed by atoms with van der Waals surface area (Å²) in [4.78, 5) is 26.4. The molecule has 2 N–H and O–H groups in total. The number of aryl methyl sites for hydroxylation is 1. The van der Waals surface area contributed by atoms with Crippen LogP contribution in [-0.4, -0.2) is 47.3 Å². The normalized spacial score (nSPS) is 15.7. The maximum atomic E-state index is 12.7. The van der Waals surface area contributed by atoms with Gasteiger partial charge in [0.05, 0.1) is 19.1 Å². The molecule has 0 aliphatic carbocycles. The molecule has 1 atom stereocenters. The third-order valence-corrected chi connectivity index (χ3v) is 4.40. The highest BCUT2D eigenvalue weighted by atomic mass is 16.5. The predicted octanol–water partition coefficient (Wildman–Crippen LogP) is 1.74. The third kappa shape index (κ3) is 3.88. The molecule has 0 bridgehead atoms. The number of hydrogen-bond acceptors (Lipinski definition) is 6. The number of carbonyl (C=O) groups excluding carboxylic acids is 1. The Labute approximate surface area is 150 Å². The molecule has 1 aromatic carbocycles. The van der Waals surface area contributed by atoms with Crippen LogP contribution >= 0.6 is 0 Å². The largest absolute Gasteiger partial charge is 0.508 e. The van der Waals surface area contributed by atoms with E-state index in [2.05, 4.69) is 0 Å². The molecule has 1 aromatic heterocycles. The molecule has 0 spiro atoms. The fourth-order valence-corrected chi connectivity index (χ4v) is 3.08. The van der Waals surface area contributed by atoms with E-state index >= 15 is 0 Å². The van der Waals surface area contributed by atoms with Crippen molar-refractivity contribution in [3.05, 3.63) is 57.6 Å². The van der Waals surface area contributed by atoms with Gasteiger partial charge in [-0.25, -0.2) is 0 Å². The van der Waals surface area contributed by atoms with Crippen LogP contribution < -0.4 is 5.43 Å². The Morgan fingerprint density at radius 3 is 2.65 bits per heavy atom.